The molecule has 0 aliphatic heterocycles. The fourth-order valence-electron chi connectivity index (χ4n) is 5.35. The van der Waals surface area contributed by atoms with Crippen LogP contribution in [0.25, 0.3) is 0 Å². The largest absolute Gasteiger partial charge is 0.489 e. The zero-order valence-electron chi connectivity index (χ0n) is 23.9. The number of hydrogen-bond donors (Lipinski definition) is 0. The number of alkyl halides is 3. The van der Waals surface area contributed by atoms with Crippen molar-refractivity contribution in [2.24, 2.45) is 0 Å². The molecular formula is C33H34F3N3O2S. The first-order valence-corrected chi connectivity index (χ1v) is 15.1. The Kier molecular flexibility index (Phi) is 8.96. The van der Waals surface area contributed by atoms with E-state index in [0.717, 1.165) is 52.3 Å². The molecule has 0 saturated carbocycles. The molecule has 0 fully saturated rings. The van der Waals surface area contributed by atoms with Gasteiger partial charge in [-0.25, -0.2) is 4.98 Å². The van der Waals surface area contributed by atoms with Crippen LogP contribution in [0, 0.1) is 0 Å². The molecule has 1 atom stereocenters. The zero-order chi connectivity index (χ0) is 29.9. The normalized spacial score (nSPS) is 15.0. The molecule has 0 radical (unpaired) electrons. The van der Waals surface area contributed by atoms with Gasteiger partial charge in [0.1, 0.15) is 12.4 Å². The second kappa shape index (κ2) is 12.7. The van der Waals surface area contributed by atoms with Gasteiger partial charge in [-0.3, -0.25) is 9.78 Å². The van der Waals surface area contributed by atoms with Crippen molar-refractivity contribution in [1.29, 1.82) is 0 Å². The summed E-state index contributed by atoms with van der Waals surface area (Å²) in [5, 5.41) is 0.390. The standard InChI is InChI=1S/C33H34F3N3O2S/c1-4-30-38-31(33(34,35)36)29(42-30)19-39(23-16-17-27(21(2)3)37-18-23)32(40)26-14-8-13-25-24(26)12-9-15-28(25)41-20-22-10-6-5-7-11-22/h5-7,9-12,15-18,21,26H,4,8,13-14,19-20H2,1-3H3. The number of thiazole rings is 1. The van der Waals surface area contributed by atoms with Crippen LogP contribution < -0.4 is 9.64 Å². The van der Waals surface area contributed by atoms with Crippen LogP contribution in [0.3, 0.4) is 0 Å². The Morgan fingerprint density at radius 3 is 2.55 bits per heavy atom. The van der Waals surface area contributed by atoms with E-state index in [4.69, 9.17) is 4.74 Å². The number of amides is 1. The number of ether oxygens (including phenoxy) is 1. The third kappa shape index (κ3) is 6.51. The molecule has 5 nitrogen and oxygen atoms in total. The molecule has 2 aromatic heterocycles. The minimum absolute atomic E-state index is 0.0246. The van der Waals surface area contributed by atoms with Crippen LogP contribution in [0.1, 0.15) is 83.4 Å². The Morgan fingerprint density at radius 1 is 1.10 bits per heavy atom. The van der Waals surface area contributed by atoms with Crippen molar-refractivity contribution < 1.29 is 22.7 Å². The number of fused-ring (bicyclic) bond motifs is 1. The van der Waals surface area contributed by atoms with Crippen molar-refractivity contribution in [2.45, 2.75) is 77.6 Å². The minimum Gasteiger partial charge on any atom is -0.489 e. The smallest absolute Gasteiger partial charge is 0.434 e. The maximum atomic E-state index is 14.4. The van der Waals surface area contributed by atoms with Gasteiger partial charge in [-0.1, -0.05) is 63.2 Å². The SMILES string of the molecule is CCc1nc(C(F)(F)F)c(CN(C(=O)C2CCCc3c(OCc4ccccc4)cccc32)c2ccc(C(C)C)nc2)s1. The van der Waals surface area contributed by atoms with Gasteiger partial charge in [-0.05, 0) is 66.5 Å². The van der Waals surface area contributed by atoms with E-state index in [1.165, 1.54) is 4.90 Å². The fraction of sp³-hybridized carbons (Fsp3) is 0.364. The zero-order valence-corrected chi connectivity index (χ0v) is 24.8. The number of halogens is 3. The predicted molar refractivity (Wildman–Crippen MR) is 159 cm³/mol. The van der Waals surface area contributed by atoms with Crippen LogP contribution in [-0.2, 0) is 37.0 Å². The van der Waals surface area contributed by atoms with Gasteiger partial charge in [0, 0.05) is 5.69 Å². The van der Waals surface area contributed by atoms with Crippen LogP contribution in [0.2, 0.25) is 0 Å². The number of aromatic nitrogens is 2. The minimum atomic E-state index is -4.61. The average molecular weight is 594 g/mol. The van der Waals surface area contributed by atoms with E-state index in [1.54, 1.807) is 19.2 Å². The summed E-state index contributed by atoms with van der Waals surface area (Å²) in [5.74, 6) is 0.132. The number of pyridine rings is 1. The molecule has 0 spiro atoms. The Morgan fingerprint density at radius 2 is 1.88 bits per heavy atom. The summed E-state index contributed by atoms with van der Waals surface area (Å²) in [6.07, 6.45) is -0.518. The monoisotopic (exact) mass is 593 g/mol. The molecule has 1 amide bonds. The summed E-state index contributed by atoms with van der Waals surface area (Å²) in [6, 6.07) is 19.2. The van der Waals surface area contributed by atoms with Crippen molar-refractivity contribution >= 4 is 22.9 Å². The van der Waals surface area contributed by atoms with Crippen molar-refractivity contribution in [3.05, 3.63) is 105 Å². The number of benzene rings is 2. The van der Waals surface area contributed by atoms with Crippen molar-refractivity contribution in [3.63, 3.8) is 0 Å². The second-order valence-electron chi connectivity index (χ2n) is 10.8. The van der Waals surface area contributed by atoms with E-state index in [1.807, 2.05) is 68.4 Å². The lowest BCUT2D eigenvalue weighted by molar-refractivity contribution is -0.141. The number of aryl methyl sites for hydroxylation is 1. The molecular weight excluding hydrogens is 559 g/mol. The van der Waals surface area contributed by atoms with E-state index in [-0.39, 0.29) is 23.2 Å². The maximum absolute atomic E-state index is 14.4. The molecule has 9 heteroatoms. The van der Waals surface area contributed by atoms with Gasteiger partial charge in [0.05, 0.1) is 34.2 Å². The summed E-state index contributed by atoms with van der Waals surface area (Å²) in [6.45, 7) is 5.98. The van der Waals surface area contributed by atoms with Gasteiger partial charge >= 0.3 is 6.18 Å². The lowest BCUT2D eigenvalue weighted by Gasteiger charge is -2.31. The van der Waals surface area contributed by atoms with Crippen molar-refractivity contribution in [2.75, 3.05) is 4.90 Å². The first-order valence-electron chi connectivity index (χ1n) is 14.3. The number of nitrogens with zero attached hydrogens (tertiary/aromatic N) is 3. The molecule has 4 aromatic rings. The lowest BCUT2D eigenvalue weighted by atomic mass is 9.81. The lowest BCUT2D eigenvalue weighted by Crippen LogP contribution is -2.36. The van der Waals surface area contributed by atoms with Crippen molar-refractivity contribution in [1.82, 2.24) is 9.97 Å². The summed E-state index contributed by atoms with van der Waals surface area (Å²) < 4.78 is 48.2. The maximum Gasteiger partial charge on any atom is 0.434 e. The number of carbonyl (C=O) groups excluding carboxylic acids is 1. The summed E-state index contributed by atoms with van der Waals surface area (Å²) in [4.78, 5) is 24.2. The third-order valence-electron chi connectivity index (χ3n) is 7.55. The molecule has 0 bridgehead atoms. The van der Waals surface area contributed by atoms with Crippen LogP contribution in [-0.4, -0.2) is 15.9 Å². The van der Waals surface area contributed by atoms with Crippen LogP contribution in [0.5, 0.6) is 5.75 Å². The molecule has 0 saturated heterocycles. The predicted octanol–water partition coefficient (Wildman–Crippen LogP) is 8.48. The number of carbonyl (C=O) groups is 1. The summed E-state index contributed by atoms with van der Waals surface area (Å²) in [7, 11) is 0. The number of anilines is 1. The third-order valence-corrected chi connectivity index (χ3v) is 8.74. The van der Waals surface area contributed by atoms with Crippen LogP contribution >= 0.6 is 11.3 Å². The molecule has 1 unspecified atom stereocenters. The molecule has 5 rings (SSSR count). The average Bonchev–Trinajstić information content (AvgIpc) is 3.43. The highest BCUT2D eigenvalue weighted by Gasteiger charge is 2.39. The summed E-state index contributed by atoms with van der Waals surface area (Å²) >= 11 is 1.01. The number of hydrogen-bond acceptors (Lipinski definition) is 5. The molecule has 2 aromatic carbocycles. The molecule has 0 N–H and O–H groups in total. The highest BCUT2D eigenvalue weighted by Crippen LogP contribution is 2.41. The molecule has 1 aliphatic rings. The highest BCUT2D eigenvalue weighted by atomic mass is 32.1. The van der Waals surface area contributed by atoms with E-state index in [0.29, 0.717) is 30.1 Å². The Labute approximate surface area is 248 Å². The first kappa shape index (κ1) is 29.8. The Hall–Kier alpha value is -3.72. The first-order chi connectivity index (χ1) is 20.2. The second-order valence-corrected chi connectivity index (χ2v) is 12.0. The molecule has 42 heavy (non-hydrogen) atoms. The quantitative estimate of drug-likeness (QED) is 0.195. The topological polar surface area (TPSA) is 55.3 Å². The molecule has 220 valence electrons. The molecule has 2 heterocycles. The van der Waals surface area contributed by atoms with Gasteiger partial charge in [-0.15, -0.1) is 11.3 Å². The summed E-state index contributed by atoms with van der Waals surface area (Å²) in [5.41, 5.74) is 3.27. The van der Waals surface area contributed by atoms with Gasteiger partial charge in [0.2, 0.25) is 5.91 Å². The fourth-order valence-corrected chi connectivity index (χ4v) is 6.37. The van der Waals surface area contributed by atoms with Gasteiger partial charge in [0.25, 0.3) is 0 Å². The van der Waals surface area contributed by atoms with Crippen LogP contribution in [0.4, 0.5) is 18.9 Å². The highest BCUT2D eigenvalue weighted by molar-refractivity contribution is 7.11. The van der Waals surface area contributed by atoms with Gasteiger partial charge in [-0.2, -0.15) is 13.2 Å². The Balaban J connectivity index is 1.50. The Bertz CT molecular complexity index is 1520. The van der Waals surface area contributed by atoms with Gasteiger partial charge < -0.3 is 9.64 Å². The van der Waals surface area contributed by atoms with E-state index in [2.05, 4.69) is 9.97 Å². The van der Waals surface area contributed by atoms with E-state index >= 15 is 0 Å². The van der Waals surface area contributed by atoms with E-state index < -0.39 is 17.8 Å². The number of rotatable bonds is 9. The van der Waals surface area contributed by atoms with Crippen LogP contribution in [0.15, 0.2) is 66.9 Å². The van der Waals surface area contributed by atoms with Gasteiger partial charge in [0.15, 0.2) is 5.69 Å². The van der Waals surface area contributed by atoms with Crippen molar-refractivity contribution in [3.8, 4) is 5.75 Å². The van der Waals surface area contributed by atoms with E-state index in [9.17, 15) is 18.0 Å². The molecule has 1 aliphatic carbocycles.